The van der Waals surface area contributed by atoms with Crippen molar-refractivity contribution in [3.05, 3.63) is 23.9 Å². The number of aromatic carboxylic acids is 1. The van der Waals surface area contributed by atoms with Crippen LogP contribution in [0, 0.1) is 23.7 Å². The molecule has 106 valence electrons. The van der Waals surface area contributed by atoms with Gasteiger partial charge in [0.15, 0.2) is 0 Å². The molecule has 4 aliphatic rings. The maximum Gasteiger partial charge on any atom is 0.339 e. The number of pyridine rings is 1. The van der Waals surface area contributed by atoms with Gasteiger partial charge in [-0.15, -0.1) is 0 Å². The summed E-state index contributed by atoms with van der Waals surface area (Å²) in [4.78, 5) is 15.5. The smallest absolute Gasteiger partial charge is 0.339 e. The van der Waals surface area contributed by atoms with Gasteiger partial charge < -0.3 is 10.4 Å². The molecule has 4 bridgehead atoms. The lowest BCUT2D eigenvalue weighted by Gasteiger charge is -2.54. The van der Waals surface area contributed by atoms with E-state index in [2.05, 4.69) is 10.3 Å². The SMILES string of the molecule is O=C(O)c1cccnc1NC1C2CC3CC(C2)CC1C3. The molecule has 1 aromatic rings. The third-order valence-electron chi connectivity index (χ3n) is 5.57. The molecule has 0 unspecified atom stereocenters. The Hall–Kier alpha value is -1.58. The van der Waals surface area contributed by atoms with Crippen molar-refractivity contribution in [3.8, 4) is 0 Å². The van der Waals surface area contributed by atoms with Crippen LogP contribution >= 0.6 is 0 Å². The fraction of sp³-hybridized carbons (Fsp3) is 0.625. The van der Waals surface area contributed by atoms with E-state index in [9.17, 15) is 9.90 Å². The first-order chi connectivity index (χ1) is 9.70. The first-order valence-corrected chi connectivity index (χ1v) is 7.65. The molecule has 4 fully saturated rings. The Bertz CT molecular complexity index is 515. The third-order valence-corrected chi connectivity index (χ3v) is 5.57. The molecule has 4 nitrogen and oxygen atoms in total. The molecule has 20 heavy (non-hydrogen) atoms. The predicted octanol–water partition coefficient (Wildman–Crippen LogP) is 3.02. The highest BCUT2D eigenvalue weighted by Gasteiger charge is 2.48. The van der Waals surface area contributed by atoms with Gasteiger partial charge in [-0.1, -0.05) is 0 Å². The number of rotatable bonds is 3. The number of nitrogens with one attached hydrogen (secondary N) is 1. The average molecular weight is 272 g/mol. The molecule has 0 saturated heterocycles. The van der Waals surface area contributed by atoms with Gasteiger partial charge in [0.25, 0.3) is 0 Å². The fourth-order valence-electron chi connectivity index (χ4n) is 5.01. The van der Waals surface area contributed by atoms with E-state index in [1.165, 1.54) is 32.1 Å². The lowest BCUT2D eigenvalue weighted by molar-refractivity contribution is 0.00736. The van der Waals surface area contributed by atoms with Crippen molar-refractivity contribution in [3.63, 3.8) is 0 Å². The Balaban J connectivity index is 1.59. The zero-order chi connectivity index (χ0) is 13.7. The van der Waals surface area contributed by atoms with Gasteiger partial charge in [0.1, 0.15) is 11.4 Å². The average Bonchev–Trinajstić information content (AvgIpc) is 2.42. The quantitative estimate of drug-likeness (QED) is 0.888. The number of nitrogens with zero attached hydrogens (tertiary/aromatic N) is 1. The van der Waals surface area contributed by atoms with Crippen LogP contribution in [0.15, 0.2) is 18.3 Å². The maximum atomic E-state index is 11.3. The van der Waals surface area contributed by atoms with E-state index in [1.54, 1.807) is 18.3 Å². The summed E-state index contributed by atoms with van der Waals surface area (Å²) >= 11 is 0. The Morgan fingerprint density at radius 3 is 2.40 bits per heavy atom. The van der Waals surface area contributed by atoms with E-state index in [0.717, 1.165) is 23.7 Å². The normalized spacial score (nSPS) is 37.9. The topological polar surface area (TPSA) is 62.2 Å². The van der Waals surface area contributed by atoms with Crippen molar-refractivity contribution >= 4 is 11.8 Å². The molecule has 4 aliphatic carbocycles. The Morgan fingerprint density at radius 2 is 1.80 bits per heavy atom. The number of aromatic nitrogens is 1. The highest BCUT2D eigenvalue weighted by Crippen LogP contribution is 2.54. The standard InChI is InChI=1S/C16H20N2O2/c19-16(20)13-2-1-3-17-15(13)18-14-11-5-9-4-10(7-11)8-12(14)6-9/h1-3,9-12,14H,4-8H2,(H,17,18)(H,19,20). The zero-order valence-corrected chi connectivity index (χ0v) is 11.5. The molecule has 0 atom stereocenters. The first-order valence-electron chi connectivity index (χ1n) is 7.65. The van der Waals surface area contributed by atoms with Crippen LogP contribution in [0.1, 0.15) is 42.5 Å². The van der Waals surface area contributed by atoms with Crippen LogP contribution in [0.2, 0.25) is 0 Å². The number of hydrogen-bond acceptors (Lipinski definition) is 3. The van der Waals surface area contributed by atoms with Gasteiger partial charge in [-0.2, -0.15) is 0 Å². The minimum Gasteiger partial charge on any atom is -0.478 e. The highest BCUT2D eigenvalue weighted by molar-refractivity contribution is 5.93. The van der Waals surface area contributed by atoms with Crippen molar-refractivity contribution in [2.24, 2.45) is 23.7 Å². The molecule has 2 N–H and O–H groups in total. The Labute approximate surface area is 118 Å². The van der Waals surface area contributed by atoms with E-state index in [4.69, 9.17) is 0 Å². The molecule has 4 saturated carbocycles. The maximum absolute atomic E-state index is 11.3. The monoisotopic (exact) mass is 272 g/mol. The molecular formula is C16H20N2O2. The van der Waals surface area contributed by atoms with Crippen LogP contribution < -0.4 is 5.32 Å². The van der Waals surface area contributed by atoms with Gasteiger partial charge in [-0.3, -0.25) is 0 Å². The van der Waals surface area contributed by atoms with Crippen molar-refractivity contribution < 1.29 is 9.90 Å². The van der Waals surface area contributed by atoms with Crippen LogP contribution in [0.25, 0.3) is 0 Å². The minimum absolute atomic E-state index is 0.293. The second-order valence-electron chi connectivity index (χ2n) is 6.81. The van der Waals surface area contributed by atoms with Crippen LogP contribution in [0.4, 0.5) is 5.82 Å². The summed E-state index contributed by atoms with van der Waals surface area (Å²) in [5.41, 5.74) is 0.293. The van der Waals surface area contributed by atoms with Gasteiger partial charge in [0.05, 0.1) is 0 Å². The summed E-state index contributed by atoms with van der Waals surface area (Å²) in [5.74, 6) is 2.95. The van der Waals surface area contributed by atoms with E-state index < -0.39 is 5.97 Å². The van der Waals surface area contributed by atoms with Gasteiger partial charge in [-0.25, -0.2) is 9.78 Å². The summed E-state index contributed by atoms with van der Waals surface area (Å²) in [5, 5.41) is 12.7. The largest absolute Gasteiger partial charge is 0.478 e. The van der Waals surface area contributed by atoms with Crippen LogP contribution in [-0.2, 0) is 0 Å². The third kappa shape index (κ3) is 1.89. The number of carboxylic acids is 1. The van der Waals surface area contributed by atoms with E-state index >= 15 is 0 Å². The zero-order valence-electron chi connectivity index (χ0n) is 11.5. The summed E-state index contributed by atoms with van der Waals surface area (Å²) in [6, 6.07) is 3.75. The van der Waals surface area contributed by atoms with Crippen molar-refractivity contribution in [1.29, 1.82) is 0 Å². The Morgan fingerprint density at radius 1 is 1.15 bits per heavy atom. The molecule has 0 amide bonds. The molecular weight excluding hydrogens is 252 g/mol. The second kappa shape index (κ2) is 4.47. The summed E-state index contributed by atoms with van der Waals surface area (Å²) in [7, 11) is 0. The summed E-state index contributed by atoms with van der Waals surface area (Å²) in [6.07, 6.45) is 8.38. The molecule has 0 spiro atoms. The van der Waals surface area contributed by atoms with E-state index in [0.29, 0.717) is 17.4 Å². The lowest BCUT2D eigenvalue weighted by Crippen LogP contribution is -2.51. The first kappa shape index (κ1) is 12.2. The van der Waals surface area contributed by atoms with Crippen molar-refractivity contribution in [1.82, 2.24) is 4.98 Å². The molecule has 1 heterocycles. The highest BCUT2D eigenvalue weighted by atomic mass is 16.4. The van der Waals surface area contributed by atoms with E-state index in [-0.39, 0.29) is 0 Å². The minimum atomic E-state index is -0.899. The molecule has 0 aromatic carbocycles. The molecule has 5 rings (SSSR count). The second-order valence-corrected chi connectivity index (χ2v) is 6.81. The van der Waals surface area contributed by atoms with Crippen LogP contribution in [0.5, 0.6) is 0 Å². The van der Waals surface area contributed by atoms with Gasteiger partial charge in [0, 0.05) is 12.2 Å². The molecule has 4 heteroatoms. The molecule has 0 aliphatic heterocycles. The fourth-order valence-corrected chi connectivity index (χ4v) is 5.01. The van der Waals surface area contributed by atoms with Crippen molar-refractivity contribution in [2.75, 3.05) is 5.32 Å². The summed E-state index contributed by atoms with van der Waals surface area (Å²) < 4.78 is 0. The number of carboxylic acid groups (broad SMARTS) is 1. The van der Waals surface area contributed by atoms with Crippen LogP contribution in [-0.4, -0.2) is 22.1 Å². The van der Waals surface area contributed by atoms with Crippen molar-refractivity contribution in [2.45, 2.75) is 38.1 Å². The molecule has 1 aromatic heterocycles. The molecule has 0 radical (unpaired) electrons. The lowest BCUT2D eigenvalue weighted by atomic mass is 9.54. The predicted molar refractivity (Wildman–Crippen MR) is 75.7 cm³/mol. The number of carbonyl (C=O) groups is 1. The van der Waals surface area contributed by atoms with Gasteiger partial charge >= 0.3 is 5.97 Å². The van der Waals surface area contributed by atoms with Gasteiger partial charge in [-0.05, 0) is 67.9 Å². The van der Waals surface area contributed by atoms with Crippen LogP contribution in [0.3, 0.4) is 0 Å². The number of anilines is 1. The van der Waals surface area contributed by atoms with E-state index in [1.807, 2.05) is 0 Å². The summed E-state index contributed by atoms with van der Waals surface area (Å²) in [6.45, 7) is 0. The Kier molecular flexibility index (Phi) is 2.72. The van der Waals surface area contributed by atoms with Gasteiger partial charge in [0.2, 0.25) is 0 Å². The number of hydrogen-bond donors (Lipinski definition) is 2.